The second-order valence-corrected chi connectivity index (χ2v) is 9.76. The lowest BCUT2D eigenvalue weighted by atomic mass is 9.93. The molecule has 0 atom stereocenters. The summed E-state index contributed by atoms with van der Waals surface area (Å²) < 4.78 is 38.4. The van der Waals surface area contributed by atoms with E-state index in [1.54, 1.807) is 6.92 Å². The van der Waals surface area contributed by atoms with E-state index in [2.05, 4.69) is 39.5 Å². The van der Waals surface area contributed by atoms with Gasteiger partial charge in [-0.25, -0.2) is 4.98 Å². The lowest BCUT2D eigenvalue weighted by Crippen LogP contribution is -2.34. The van der Waals surface area contributed by atoms with Crippen LogP contribution in [0.3, 0.4) is 0 Å². The van der Waals surface area contributed by atoms with E-state index in [-0.39, 0.29) is 5.91 Å². The number of nitrogens with one attached hydrogen (secondary N) is 1. The largest absolute Gasteiger partial charge is 0.416 e. The zero-order chi connectivity index (χ0) is 24.1. The van der Waals surface area contributed by atoms with Gasteiger partial charge in [0.15, 0.2) is 0 Å². The Morgan fingerprint density at radius 1 is 1.09 bits per heavy atom. The summed E-state index contributed by atoms with van der Waals surface area (Å²) in [6, 6.07) is 15.4. The molecular formula is C26H28F3N3OS. The van der Waals surface area contributed by atoms with E-state index in [1.165, 1.54) is 29.0 Å². The third kappa shape index (κ3) is 6.24. The van der Waals surface area contributed by atoms with Crippen LogP contribution < -0.4 is 5.32 Å². The van der Waals surface area contributed by atoms with Crippen LogP contribution in [-0.4, -0.2) is 35.4 Å². The standard InChI is InChI=1S/C26H28F3N3OS/c1-18-23(34-25(31-18)21-7-9-22(10-8-21)26(27,28)29)24(33)30-14-11-19-12-15-32(16-13-19)17-20-5-3-2-4-6-20/h2-10,19H,11-17H2,1H3,(H,30,33). The Balaban J connectivity index is 1.24. The number of piperidine rings is 1. The number of amides is 1. The van der Waals surface area contributed by atoms with Crippen LogP contribution in [0.25, 0.3) is 10.6 Å². The van der Waals surface area contributed by atoms with Crippen molar-refractivity contribution in [1.29, 1.82) is 0 Å². The molecule has 1 fully saturated rings. The summed E-state index contributed by atoms with van der Waals surface area (Å²) in [5.41, 5.74) is 1.80. The SMILES string of the molecule is Cc1nc(-c2ccc(C(F)(F)F)cc2)sc1C(=O)NCCC1CCN(Cc2ccccc2)CC1. The van der Waals surface area contributed by atoms with E-state index in [4.69, 9.17) is 0 Å². The van der Waals surface area contributed by atoms with Gasteiger partial charge in [-0.1, -0.05) is 42.5 Å². The van der Waals surface area contributed by atoms with Crippen LogP contribution in [0.4, 0.5) is 13.2 Å². The quantitative estimate of drug-likeness (QED) is 0.434. The Labute approximate surface area is 201 Å². The van der Waals surface area contributed by atoms with Crippen molar-refractivity contribution >= 4 is 17.2 Å². The number of rotatable bonds is 7. The highest BCUT2D eigenvalue weighted by atomic mass is 32.1. The van der Waals surface area contributed by atoms with Crippen molar-refractivity contribution in [3.8, 4) is 10.6 Å². The first-order valence-corrected chi connectivity index (χ1v) is 12.3. The van der Waals surface area contributed by atoms with Gasteiger partial charge in [0, 0.05) is 18.7 Å². The molecule has 0 aliphatic carbocycles. The van der Waals surface area contributed by atoms with Crippen LogP contribution in [0, 0.1) is 12.8 Å². The zero-order valence-corrected chi connectivity index (χ0v) is 19.9. The van der Waals surface area contributed by atoms with Crippen LogP contribution in [0.5, 0.6) is 0 Å². The lowest BCUT2D eigenvalue weighted by Gasteiger charge is -2.32. The normalized spacial score (nSPS) is 15.4. The van der Waals surface area contributed by atoms with Crippen LogP contribution >= 0.6 is 11.3 Å². The first-order chi connectivity index (χ1) is 16.3. The fourth-order valence-corrected chi connectivity index (χ4v) is 5.27. The average Bonchev–Trinajstić information content (AvgIpc) is 3.22. The Bertz CT molecular complexity index is 1090. The fourth-order valence-electron chi connectivity index (χ4n) is 4.28. The van der Waals surface area contributed by atoms with Gasteiger partial charge in [0.2, 0.25) is 0 Å². The second kappa shape index (κ2) is 10.7. The number of hydrogen-bond donors (Lipinski definition) is 1. The van der Waals surface area contributed by atoms with Crippen LogP contribution in [0.1, 0.15) is 45.8 Å². The molecule has 1 amide bonds. The molecule has 1 N–H and O–H groups in total. The van der Waals surface area contributed by atoms with Gasteiger partial charge in [0.05, 0.1) is 11.3 Å². The molecule has 2 aromatic carbocycles. The number of aryl methyl sites for hydroxylation is 1. The summed E-state index contributed by atoms with van der Waals surface area (Å²) in [6.45, 7) is 5.47. The van der Waals surface area contributed by atoms with Crippen molar-refractivity contribution in [3.63, 3.8) is 0 Å². The third-order valence-electron chi connectivity index (χ3n) is 6.26. The number of halogens is 3. The molecule has 34 heavy (non-hydrogen) atoms. The number of thiazole rings is 1. The third-order valence-corrected chi connectivity index (χ3v) is 7.46. The summed E-state index contributed by atoms with van der Waals surface area (Å²) in [6.07, 6.45) is -1.18. The predicted molar refractivity (Wildman–Crippen MR) is 129 cm³/mol. The summed E-state index contributed by atoms with van der Waals surface area (Å²) in [4.78, 5) is 20.1. The summed E-state index contributed by atoms with van der Waals surface area (Å²) >= 11 is 1.21. The van der Waals surface area contributed by atoms with Gasteiger partial charge < -0.3 is 5.32 Å². The highest BCUT2D eigenvalue weighted by Crippen LogP contribution is 2.33. The number of hydrogen-bond acceptors (Lipinski definition) is 4. The van der Waals surface area contributed by atoms with Crippen LogP contribution in [0.15, 0.2) is 54.6 Å². The number of alkyl halides is 3. The van der Waals surface area contributed by atoms with E-state index < -0.39 is 11.7 Å². The molecule has 1 aromatic heterocycles. The van der Waals surface area contributed by atoms with Crippen LogP contribution in [0.2, 0.25) is 0 Å². The molecule has 180 valence electrons. The van der Waals surface area contributed by atoms with Gasteiger partial charge in [0.1, 0.15) is 9.88 Å². The van der Waals surface area contributed by atoms with Crippen molar-refractivity contribution in [2.24, 2.45) is 5.92 Å². The number of likely N-dealkylation sites (tertiary alicyclic amines) is 1. The highest BCUT2D eigenvalue weighted by Gasteiger charge is 2.30. The van der Waals surface area contributed by atoms with Gasteiger partial charge in [-0.15, -0.1) is 11.3 Å². The molecule has 0 spiro atoms. The van der Waals surface area contributed by atoms with E-state index >= 15 is 0 Å². The Kier molecular flexibility index (Phi) is 7.68. The zero-order valence-electron chi connectivity index (χ0n) is 19.1. The molecular weight excluding hydrogens is 459 g/mol. The first-order valence-electron chi connectivity index (χ1n) is 11.5. The molecule has 8 heteroatoms. The van der Waals surface area contributed by atoms with Gasteiger partial charge in [-0.3, -0.25) is 9.69 Å². The molecule has 2 heterocycles. The van der Waals surface area contributed by atoms with Crippen molar-refractivity contribution < 1.29 is 18.0 Å². The monoisotopic (exact) mass is 487 g/mol. The number of carbonyl (C=O) groups excluding carboxylic acids is 1. The van der Waals surface area contributed by atoms with Crippen molar-refractivity contribution in [2.75, 3.05) is 19.6 Å². The van der Waals surface area contributed by atoms with E-state index in [1.807, 2.05) is 6.07 Å². The van der Waals surface area contributed by atoms with Gasteiger partial charge in [0.25, 0.3) is 5.91 Å². The Morgan fingerprint density at radius 3 is 2.41 bits per heavy atom. The highest BCUT2D eigenvalue weighted by molar-refractivity contribution is 7.17. The van der Waals surface area contributed by atoms with Gasteiger partial charge in [-0.2, -0.15) is 13.2 Å². The number of carbonyl (C=O) groups is 1. The number of aromatic nitrogens is 1. The van der Waals surface area contributed by atoms with Crippen molar-refractivity contribution in [2.45, 2.75) is 38.9 Å². The van der Waals surface area contributed by atoms with E-state index in [9.17, 15) is 18.0 Å². The molecule has 0 radical (unpaired) electrons. The minimum atomic E-state index is -4.37. The smallest absolute Gasteiger partial charge is 0.351 e. The predicted octanol–water partition coefficient (Wildman–Crippen LogP) is 6.17. The summed E-state index contributed by atoms with van der Waals surface area (Å²) in [5, 5.41) is 3.54. The maximum atomic E-state index is 12.8. The molecule has 4 rings (SSSR count). The van der Waals surface area contributed by atoms with Gasteiger partial charge in [-0.05, 0) is 62.9 Å². The average molecular weight is 488 g/mol. The fraction of sp³-hybridized carbons (Fsp3) is 0.385. The second-order valence-electron chi connectivity index (χ2n) is 8.76. The Hall–Kier alpha value is -2.71. The molecule has 1 aliphatic heterocycles. The summed E-state index contributed by atoms with van der Waals surface area (Å²) in [7, 11) is 0. The molecule has 0 saturated carbocycles. The molecule has 0 bridgehead atoms. The van der Waals surface area contributed by atoms with E-state index in [0.29, 0.717) is 33.6 Å². The van der Waals surface area contributed by atoms with Crippen molar-refractivity contribution in [3.05, 3.63) is 76.3 Å². The maximum absolute atomic E-state index is 12.8. The van der Waals surface area contributed by atoms with Gasteiger partial charge >= 0.3 is 6.18 Å². The van der Waals surface area contributed by atoms with Crippen molar-refractivity contribution in [1.82, 2.24) is 15.2 Å². The lowest BCUT2D eigenvalue weighted by molar-refractivity contribution is -0.137. The molecule has 1 saturated heterocycles. The topological polar surface area (TPSA) is 45.2 Å². The molecule has 1 aliphatic rings. The minimum Gasteiger partial charge on any atom is -0.351 e. The maximum Gasteiger partial charge on any atom is 0.416 e. The summed E-state index contributed by atoms with van der Waals surface area (Å²) in [5.74, 6) is 0.423. The minimum absolute atomic E-state index is 0.172. The molecule has 4 nitrogen and oxygen atoms in total. The van der Waals surface area contributed by atoms with E-state index in [0.717, 1.165) is 51.0 Å². The van der Waals surface area contributed by atoms with Crippen LogP contribution in [-0.2, 0) is 12.7 Å². The molecule has 3 aromatic rings. The first kappa shape index (κ1) is 24.4. The Morgan fingerprint density at radius 2 is 1.76 bits per heavy atom. The number of benzene rings is 2. The molecule has 0 unspecified atom stereocenters. The number of nitrogens with zero attached hydrogens (tertiary/aromatic N) is 2.